The highest BCUT2D eigenvalue weighted by Crippen LogP contribution is 2.48. The van der Waals surface area contributed by atoms with E-state index in [4.69, 9.17) is 0 Å². The molecular formula is C21H21N3O2. The molecule has 0 aliphatic carbocycles. The Labute approximate surface area is 152 Å². The van der Waals surface area contributed by atoms with Gasteiger partial charge in [-0.25, -0.2) is 14.9 Å². The predicted molar refractivity (Wildman–Crippen MR) is 98.2 cm³/mol. The summed E-state index contributed by atoms with van der Waals surface area (Å²) in [6, 6.07) is 17.3. The fourth-order valence-corrected chi connectivity index (χ4v) is 4.71. The molecule has 5 rings (SSSR count). The van der Waals surface area contributed by atoms with Gasteiger partial charge in [-0.15, -0.1) is 0 Å². The van der Waals surface area contributed by atoms with Crippen LogP contribution in [0.3, 0.4) is 0 Å². The van der Waals surface area contributed by atoms with E-state index in [2.05, 4.69) is 22.2 Å². The molecule has 0 N–H and O–H groups in total. The highest BCUT2D eigenvalue weighted by atomic mass is 16.2. The number of fused-ring (bicyclic) bond motifs is 3. The van der Waals surface area contributed by atoms with Crippen molar-refractivity contribution in [1.82, 2.24) is 10.0 Å². The fraction of sp³-hybridized carbons (Fsp3) is 0.333. The summed E-state index contributed by atoms with van der Waals surface area (Å²) in [5, 5.41) is 4.38. The van der Waals surface area contributed by atoms with Crippen molar-refractivity contribution in [2.45, 2.75) is 25.4 Å². The number of hydrogen-bond acceptors (Lipinski definition) is 4. The van der Waals surface area contributed by atoms with Gasteiger partial charge in [0.2, 0.25) is 5.91 Å². The maximum Gasteiger partial charge on any atom is 0.253 e. The summed E-state index contributed by atoms with van der Waals surface area (Å²) >= 11 is 0. The first-order chi connectivity index (χ1) is 12.7. The standard InChI is InChI=1S/C21H21N3O2/c1-14-8-10-16(11-9-14)24-20(25)17-18(15-6-3-2-4-7-15)22-12-5-13-23(22)19(17)21(24)26/h2-4,6-11,17-19H,5,12-13H2,1H3/t17-,18-,19-/m0/s1. The van der Waals surface area contributed by atoms with Gasteiger partial charge in [0.15, 0.2) is 0 Å². The number of benzene rings is 2. The molecular weight excluding hydrogens is 326 g/mol. The number of imide groups is 1. The normalized spacial score (nSPS) is 28.7. The maximum atomic E-state index is 13.3. The average molecular weight is 347 g/mol. The number of amides is 2. The van der Waals surface area contributed by atoms with E-state index in [1.54, 1.807) is 0 Å². The molecule has 5 heteroatoms. The number of hydrogen-bond donors (Lipinski definition) is 0. The Morgan fingerprint density at radius 1 is 0.808 bits per heavy atom. The summed E-state index contributed by atoms with van der Waals surface area (Å²) in [5.74, 6) is -0.507. The summed E-state index contributed by atoms with van der Waals surface area (Å²) in [5.41, 5.74) is 2.90. The van der Waals surface area contributed by atoms with Gasteiger partial charge in [0.1, 0.15) is 6.04 Å². The largest absolute Gasteiger partial charge is 0.274 e. The molecule has 5 nitrogen and oxygen atoms in total. The third-order valence-corrected chi connectivity index (χ3v) is 5.84. The molecule has 26 heavy (non-hydrogen) atoms. The Bertz CT molecular complexity index is 865. The van der Waals surface area contributed by atoms with E-state index in [0.29, 0.717) is 5.69 Å². The van der Waals surface area contributed by atoms with Crippen molar-refractivity contribution in [1.29, 1.82) is 0 Å². The van der Waals surface area contributed by atoms with Crippen molar-refractivity contribution in [3.05, 3.63) is 65.7 Å². The van der Waals surface area contributed by atoms with E-state index in [1.807, 2.05) is 49.4 Å². The fourth-order valence-electron chi connectivity index (χ4n) is 4.71. The molecule has 0 bridgehead atoms. The molecule has 0 unspecified atom stereocenters. The van der Waals surface area contributed by atoms with Crippen LogP contribution >= 0.6 is 0 Å². The van der Waals surface area contributed by atoms with Crippen LogP contribution in [0.25, 0.3) is 0 Å². The Kier molecular flexibility index (Phi) is 3.48. The maximum absolute atomic E-state index is 13.3. The quantitative estimate of drug-likeness (QED) is 0.783. The highest BCUT2D eigenvalue weighted by Gasteiger charge is 2.62. The number of aryl methyl sites for hydroxylation is 1. The van der Waals surface area contributed by atoms with Crippen molar-refractivity contribution in [2.75, 3.05) is 18.0 Å². The van der Waals surface area contributed by atoms with Crippen molar-refractivity contribution < 1.29 is 9.59 Å². The molecule has 132 valence electrons. The van der Waals surface area contributed by atoms with Crippen LogP contribution in [0.4, 0.5) is 5.69 Å². The molecule has 3 fully saturated rings. The lowest BCUT2D eigenvalue weighted by Gasteiger charge is -2.29. The number of carbonyl (C=O) groups is 2. The summed E-state index contributed by atoms with van der Waals surface area (Å²) in [7, 11) is 0. The van der Waals surface area contributed by atoms with Crippen molar-refractivity contribution in [3.63, 3.8) is 0 Å². The SMILES string of the molecule is Cc1ccc(N2C(=O)[C@@H]3[C@@H](C2=O)N2CCCN2[C@H]3c2ccccc2)cc1. The first-order valence-electron chi connectivity index (χ1n) is 9.19. The third kappa shape index (κ3) is 2.11. The summed E-state index contributed by atoms with van der Waals surface area (Å²) in [4.78, 5) is 28.0. The zero-order chi connectivity index (χ0) is 17.8. The minimum Gasteiger partial charge on any atom is -0.274 e. The Hall–Kier alpha value is -2.50. The molecule has 3 aliphatic heterocycles. The number of rotatable bonds is 2. The molecule has 2 aromatic rings. The highest BCUT2D eigenvalue weighted by molar-refractivity contribution is 6.24. The van der Waals surface area contributed by atoms with Gasteiger partial charge in [-0.05, 0) is 31.0 Å². The van der Waals surface area contributed by atoms with Crippen LogP contribution in [0.2, 0.25) is 0 Å². The molecule has 2 amide bonds. The third-order valence-electron chi connectivity index (χ3n) is 5.84. The second kappa shape index (κ2) is 5.76. The molecule has 2 aromatic carbocycles. The van der Waals surface area contributed by atoms with E-state index in [-0.39, 0.29) is 29.8 Å². The lowest BCUT2D eigenvalue weighted by atomic mass is 9.90. The van der Waals surface area contributed by atoms with Crippen LogP contribution in [0.15, 0.2) is 54.6 Å². The van der Waals surface area contributed by atoms with Crippen LogP contribution in [0.5, 0.6) is 0 Å². The predicted octanol–water partition coefficient (Wildman–Crippen LogP) is 2.53. The van der Waals surface area contributed by atoms with Crippen molar-refractivity contribution >= 4 is 17.5 Å². The van der Waals surface area contributed by atoms with Gasteiger partial charge in [-0.1, -0.05) is 48.0 Å². The topological polar surface area (TPSA) is 43.9 Å². The second-order valence-corrected chi connectivity index (χ2v) is 7.35. The Morgan fingerprint density at radius 2 is 1.46 bits per heavy atom. The second-order valence-electron chi connectivity index (χ2n) is 7.35. The van der Waals surface area contributed by atoms with Crippen LogP contribution in [0, 0.1) is 12.8 Å². The van der Waals surface area contributed by atoms with Crippen molar-refractivity contribution in [2.24, 2.45) is 5.92 Å². The van der Waals surface area contributed by atoms with Gasteiger partial charge >= 0.3 is 0 Å². The lowest BCUT2D eigenvalue weighted by Crippen LogP contribution is -2.44. The van der Waals surface area contributed by atoms with E-state index in [0.717, 1.165) is 30.6 Å². The van der Waals surface area contributed by atoms with Gasteiger partial charge in [0.05, 0.1) is 17.6 Å². The van der Waals surface area contributed by atoms with E-state index >= 15 is 0 Å². The van der Waals surface area contributed by atoms with Gasteiger partial charge in [0, 0.05) is 13.1 Å². The smallest absolute Gasteiger partial charge is 0.253 e. The lowest BCUT2D eigenvalue weighted by molar-refractivity contribution is -0.126. The summed E-state index contributed by atoms with van der Waals surface area (Å²) < 4.78 is 0. The number of hydrazine groups is 1. The first-order valence-corrected chi connectivity index (χ1v) is 9.19. The van der Waals surface area contributed by atoms with E-state index in [9.17, 15) is 9.59 Å². The Morgan fingerprint density at radius 3 is 2.15 bits per heavy atom. The van der Waals surface area contributed by atoms with E-state index in [1.165, 1.54) is 4.90 Å². The van der Waals surface area contributed by atoms with Gasteiger partial charge in [0.25, 0.3) is 5.91 Å². The van der Waals surface area contributed by atoms with Gasteiger partial charge < -0.3 is 0 Å². The monoisotopic (exact) mass is 347 g/mol. The molecule has 0 spiro atoms. The van der Waals surface area contributed by atoms with Gasteiger partial charge in [-0.2, -0.15) is 0 Å². The molecule has 3 heterocycles. The minimum absolute atomic E-state index is 0.0596. The Balaban J connectivity index is 1.58. The van der Waals surface area contributed by atoms with Gasteiger partial charge in [-0.3, -0.25) is 9.59 Å². The number of anilines is 1. The number of nitrogens with zero attached hydrogens (tertiary/aromatic N) is 3. The molecule has 0 radical (unpaired) electrons. The van der Waals surface area contributed by atoms with Crippen molar-refractivity contribution in [3.8, 4) is 0 Å². The molecule has 0 saturated carbocycles. The van der Waals surface area contributed by atoms with Crippen LogP contribution < -0.4 is 4.90 Å². The van der Waals surface area contributed by atoms with E-state index < -0.39 is 0 Å². The molecule has 3 saturated heterocycles. The molecule has 3 atom stereocenters. The van der Waals surface area contributed by atoms with Crippen LogP contribution in [0.1, 0.15) is 23.6 Å². The van der Waals surface area contributed by atoms with Crippen LogP contribution in [-0.4, -0.2) is 41.0 Å². The zero-order valence-electron chi connectivity index (χ0n) is 14.7. The number of carbonyl (C=O) groups excluding carboxylic acids is 2. The summed E-state index contributed by atoms with van der Waals surface area (Å²) in [6.07, 6.45) is 1.03. The minimum atomic E-state index is -0.378. The first kappa shape index (κ1) is 15.7. The average Bonchev–Trinajstić information content (AvgIpc) is 3.29. The zero-order valence-corrected chi connectivity index (χ0v) is 14.7. The van der Waals surface area contributed by atoms with Crippen LogP contribution in [-0.2, 0) is 9.59 Å². The summed E-state index contributed by atoms with van der Waals surface area (Å²) in [6.45, 7) is 3.74. The molecule has 3 aliphatic rings. The molecule has 0 aromatic heterocycles.